The molecule has 9 nitrogen and oxygen atoms in total. The highest BCUT2D eigenvalue weighted by atomic mass is 35.5. The van der Waals surface area contributed by atoms with E-state index in [0.29, 0.717) is 10.6 Å². The zero-order chi connectivity index (χ0) is 18.0. The normalized spacial score (nSPS) is 10.4. The molecule has 0 radical (unpaired) electrons. The monoisotopic (exact) mass is 359 g/mol. The fourth-order valence-corrected chi connectivity index (χ4v) is 2.16. The average Bonchev–Trinajstić information content (AvgIpc) is 2.59. The number of benzene rings is 1. The molecule has 0 fully saturated rings. The van der Waals surface area contributed by atoms with Gasteiger partial charge in [-0.05, 0) is 30.3 Å². The van der Waals surface area contributed by atoms with Crippen LogP contribution in [-0.2, 0) is 0 Å². The van der Waals surface area contributed by atoms with Gasteiger partial charge in [0.1, 0.15) is 5.65 Å². The third-order valence-electron chi connectivity index (χ3n) is 3.25. The number of aromatic amines is 2. The minimum atomic E-state index is -0.697. The van der Waals surface area contributed by atoms with Gasteiger partial charge >= 0.3 is 5.69 Å². The minimum absolute atomic E-state index is 0.0291. The molecule has 126 valence electrons. The molecular formula is C15H10ClN5O4. The number of hydrogen-bond acceptors (Lipinski definition) is 5. The molecule has 0 aliphatic heterocycles. The summed E-state index contributed by atoms with van der Waals surface area (Å²) in [6, 6.07) is 7.33. The Morgan fingerprint density at radius 3 is 2.28 bits per heavy atom. The fourth-order valence-electron chi connectivity index (χ4n) is 2.03. The van der Waals surface area contributed by atoms with Gasteiger partial charge in [0.2, 0.25) is 0 Å². The number of fused-ring (bicyclic) bond motifs is 1. The van der Waals surface area contributed by atoms with E-state index in [1.165, 1.54) is 24.4 Å². The molecule has 0 bridgehead atoms. The molecule has 0 aliphatic carbocycles. The Balaban J connectivity index is 1.76. The van der Waals surface area contributed by atoms with E-state index in [2.05, 4.69) is 20.8 Å². The largest absolute Gasteiger partial charge is 0.327 e. The van der Waals surface area contributed by atoms with Gasteiger partial charge in [0.05, 0.1) is 10.9 Å². The summed E-state index contributed by atoms with van der Waals surface area (Å²) >= 11 is 5.74. The van der Waals surface area contributed by atoms with Crippen molar-refractivity contribution in [1.29, 1.82) is 0 Å². The molecule has 0 atom stereocenters. The first-order valence-electron chi connectivity index (χ1n) is 6.92. The van der Waals surface area contributed by atoms with E-state index in [0.717, 1.165) is 0 Å². The van der Waals surface area contributed by atoms with Crippen LogP contribution < -0.4 is 22.1 Å². The lowest BCUT2D eigenvalue weighted by molar-refractivity contribution is 0.0846. The number of pyridine rings is 1. The molecule has 0 spiro atoms. The lowest BCUT2D eigenvalue weighted by atomic mass is 10.2. The van der Waals surface area contributed by atoms with Crippen LogP contribution in [0.1, 0.15) is 20.7 Å². The Kier molecular flexibility index (Phi) is 4.31. The van der Waals surface area contributed by atoms with E-state index >= 15 is 0 Å². The third-order valence-corrected chi connectivity index (χ3v) is 3.50. The number of nitrogens with one attached hydrogen (secondary N) is 4. The summed E-state index contributed by atoms with van der Waals surface area (Å²) < 4.78 is 0. The maximum atomic E-state index is 12.1. The van der Waals surface area contributed by atoms with Crippen LogP contribution in [0.5, 0.6) is 0 Å². The number of nitrogens with zero attached hydrogens (tertiary/aromatic N) is 1. The van der Waals surface area contributed by atoms with Gasteiger partial charge in [-0.25, -0.2) is 9.78 Å². The van der Waals surface area contributed by atoms with Crippen LogP contribution in [-0.4, -0.2) is 26.8 Å². The first-order chi connectivity index (χ1) is 11.9. The number of carbonyl (C=O) groups is 2. The summed E-state index contributed by atoms with van der Waals surface area (Å²) in [6.45, 7) is 0. The molecule has 2 heterocycles. The maximum Gasteiger partial charge on any atom is 0.327 e. The van der Waals surface area contributed by atoms with Crippen molar-refractivity contribution in [3.63, 3.8) is 0 Å². The highest BCUT2D eigenvalue weighted by molar-refractivity contribution is 6.30. The standard InChI is InChI=1S/C15H10ClN5O4/c16-9-3-1-7(2-4-9)12(22)20-21-13(23)8-5-10-11(17-6-8)18-15(25)19-14(10)24/h1-6H,(H,20,22)(H,21,23)(H2,17,18,19,24,25). The van der Waals surface area contributed by atoms with Gasteiger partial charge in [0.25, 0.3) is 17.4 Å². The molecule has 2 amide bonds. The maximum absolute atomic E-state index is 12.1. The lowest BCUT2D eigenvalue weighted by Gasteiger charge is -2.07. The van der Waals surface area contributed by atoms with Gasteiger partial charge in [0.15, 0.2) is 0 Å². The van der Waals surface area contributed by atoms with Crippen molar-refractivity contribution in [2.24, 2.45) is 0 Å². The summed E-state index contributed by atoms with van der Waals surface area (Å²) in [6.07, 6.45) is 1.17. The molecule has 0 aliphatic rings. The fraction of sp³-hybridized carbons (Fsp3) is 0. The Bertz CT molecular complexity index is 1090. The van der Waals surface area contributed by atoms with Crippen LogP contribution in [0.4, 0.5) is 0 Å². The quantitative estimate of drug-likeness (QED) is 0.489. The van der Waals surface area contributed by atoms with Gasteiger partial charge in [-0.3, -0.25) is 35.2 Å². The smallest absolute Gasteiger partial charge is 0.291 e. The van der Waals surface area contributed by atoms with E-state index in [9.17, 15) is 19.2 Å². The van der Waals surface area contributed by atoms with Crippen molar-refractivity contribution < 1.29 is 9.59 Å². The van der Waals surface area contributed by atoms with Gasteiger partial charge in [-0.2, -0.15) is 0 Å². The summed E-state index contributed by atoms with van der Waals surface area (Å²) in [5.41, 5.74) is 3.46. The summed E-state index contributed by atoms with van der Waals surface area (Å²) in [5.74, 6) is -1.22. The molecule has 0 saturated carbocycles. The second kappa shape index (κ2) is 6.57. The summed E-state index contributed by atoms with van der Waals surface area (Å²) in [5, 5.41) is 0.516. The zero-order valence-corrected chi connectivity index (χ0v) is 13.2. The minimum Gasteiger partial charge on any atom is -0.291 e. The van der Waals surface area contributed by atoms with Gasteiger partial charge in [-0.1, -0.05) is 11.6 Å². The van der Waals surface area contributed by atoms with Crippen molar-refractivity contribution in [3.05, 3.63) is 73.5 Å². The van der Waals surface area contributed by atoms with Crippen LogP contribution >= 0.6 is 11.6 Å². The summed E-state index contributed by atoms with van der Waals surface area (Å²) in [4.78, 5) is 55.1. The van der Waals surface area contributed by atoms with Gasteiger partial charge in [0, 0.05) is 16.8 Å². The molecule has 10 heteroatoms. The van der Waals surface area contributed by atoms with E-state index in [-0.39, 0.29) is 16.6 Å². The van der Waals surface area contributed by atoms with Crippen LogP contribution in [0.25, 0.3) is 11.0 Å². The molecule has 0 saturated heterocycles. The van der Waals surface area contributed by atoms with Gasteiger partial charge < -0.3 is 0 Å². The molecular weight excluding hydrogens is 350 g/mol. The molecule has 2 aromatic heterocycles. The second-order valence-electron chi connectivity index (χ2n) is 4.94. The Labute approximate surface area is 144 Å². The second-order valence-corrected chi connectivity index (χ2v) is 5.38. The van der Waals surface area contributed by atoms with Crippen LogP contribution in [0.15, 0.2) is 46.1 Å². The van der Waals surface area contributed by atoms with E-state index in [4.69, 9.17) is 11.6 Å². The van der Waals surface area contributed by atoms with Crippen molar-refractivity contribution in [3.8, 4) is 0 Å². The predicted octanol–water partition coefficient (Wildman–Crippen LogP) is 0.340. The van der Waals surface area contributed by atoms with Crippen LogP contribution in [0.3, 0.4) is 0 Å². The van der Waals surface area contributed by atoms with Gasteiger partial charge in [-0.15, -0.1) is 0 Å². The average molecular weight is 360 g/mol. The van der Waals surface area contributed by atoms with Crippen molar-refractivity contribution in [2.45, 2.75) is 0 Å². The molecule has 3 aromatic rings. The van der Waals surface area contributed by atoms with Crippen molar-refractivity contribution >= 4 is 34.4 Å². The lowest BCUT2D eigenvalue weighted by Crippen LogP contribution is -2.41. The number of hydrazine groups is 1. The molecule has 25 heavy (non-hydrogen) atoms. The number of rotatable bonds is 2. The SMILES string of the molecule is O=C(NNC(=O)c1cnc2[nH]c(=O)[nH]c(=O)c2c1)c1ccc(Cl)cc1. The Morgan fingerprint density at radius 1 is 0.960 bits per heavy atom. The number of H-pyrrole nitrogens is 2. The van der Waals surface area contributed by atoms with E-state index in [1.807, 2.05) is 4.98 Å². The zero-order valence-electron chi connectivity index (χ0n) is 12.4. The topological polar surface area (TPSA) is 137 Å². The molecule has 4 N–H and O–H groups in total. The van der Waals surface area contributed by atoms with Crippen molar-refractivity contribution in [2.75, 3.05) is 0 Å². The number of halogens is 1. The van der Waals surface area contributed by atoms with Crippen LogP contribution in [0.2, 0.25) is 5.02 Å². The summed E-state index contributed by atoms with van der Waals surface area (Å²) in [7, 11) is 0. The van der Waals surface area contributed by atoms with E-state index in [1.54, 1.807) is 12.1 Å². The highest BCUT2D eigenvalue weighted by Gasteiger charge is 2.12. The first kappa shape index (κ1) is 16.4. The number of carbonyl (C=O) groups excluding carboxylic acids is 2. The number of aromatic nitrogens is 3. The number of amides is 2. The van der Waals surface area contributed by atoms with E-state index < -0.39 is 23.1 Å². The molecule has 3 rings (SSSR count). The Hall–Kier alpha value is -3.46. The van der Waals surface area contributed by atoms with Crippen LogP contribution in [0, 0.1) is 0 Å². The molecule has 0 unspecified atom stereocenters. The predicted molar refractivity (Wildman–Crippen MR) is 89.4 cm³/mol. The highest BCUT2D eigenvalue weighted by Crippen LogP contribution is 2.09. The first-order valence-corrected chi connectivity index (χ1v) is 7.30. The van der Waals surface area contributed by atoms with Crippen molar-refractivity contribution in [1.82, 2.24) is 25.8 Å². The molecule has 1 aromatic carbocycles. The number of hydrogen-bond donors (Lipinski definition) is 4. The third kappa shape index (κ3) is 3.56. The Morgan fingerprint density at radius 2 is 1.60 bits per heavy atom.